The van der Waals surface area contributed by atoms with Gasteiger partial charge in [-0.05, 0) is 36.1 Å². The molecule has 0 saturated carbocycles. The lowest BCUT2D eigenvalue weighted by Crippen LogP contribution is -3.00. The lowest BCUT2D eigenvalue weighted by molar-refractivity contribution is -0.894. The Labute approximate surface area is 231 Å². The van der Waals surface area contributed by atoms with Crippen LogP contribution in [0.25, 0.3) is 10.9 Å². The van der Waals surface area contributed by atoms with Crippen LogP contribution < -0.4 is 34.6 Å². The number of rotatable bonds is 9. The van der Waals surface area contributed by atoms with Crippen molar-refractivity contribution in [3.05, 3.63) is 59.3 Å². The summed E-state index contributed by atoms with van der Waals surface area (Å²) < 4.78 is 1.06. The number of urea groups is 1. The Balaban J connectivity index is 0.00000361. The molecule has 36 heavy (non-hydrogen) atoms. The van der Waals surface area contributed by atoms with Crippen molar-refractivity contribution in [1.82, 2.24) is 15.2 Å². The Morgan fingerprint density at radius 3 is 2.64 bits per heavy atom. The number of quaternary nitrogens is 1. The highest BCUT2D eigenvalue weighted by Gasteiger charge is 2.23. The molecule has 2 amide bonds. The number of amides is 2. The summed E-state index contributed by atoms with van der Waals surface area (Å²) in [7, 11) is 4.53. The summed E-state index contributed by atoms with van der Waals surface area (Å²) in [5, 5.41) is 18.0. The number of para-hydroxylation sites is 1. The molecule has 7 nitrogen and oxygen atoms in total. The zero-order chi connectivity index (χ0) is 24.8. The van der Waals surface area contributed by atoms with Crippen molar-refractivity contribution in [2.24, 2.45) is 0 Å². The summed E-state index contributed by atoms with van der Waals surface area (Å²) in [6.45, 7) is 8.01. The van der Waals surface area contributed by atoms with E-state index < -0.39 is 0 Å². The molecule has 8 heteroatoms. The lowest BCUT2D eigenvalue weighted by Gasteiger charge is -2.39. The number of aromatic amines is 1. The SMILES string of the molecule is CCCCc1cc(NC(=O)NCCN2CC[N+](C)(C)CC2)cc(O)c1Cc1c[nH]c2ccccc12.[I-]. The second kappa shape index (κ2) is 12.8. The first-order valence-corrected chi connectivity index (χ1v) is 12.8. The van der Waals surface area contributed by atoms with Gasteiger partial charge in [-0.1, -0.05) is 31.5 Å². The molecule has 2 aromatic carbocycles. The second-order valence-corrected chi connectivity index (χ2v) is 10.4. The van der Waals surface area contributed by atoms with E-state index in [1.165, 1.54) is 5.39 Å². The molecule has 0 atom stereocenters. The number of piperazine rings is 1. The van der Waals surface area contributed by atoms with Crippen molar-refractivity contribution in [2.45, 2.75) is 32.6 Å². The highest BCUT2D eigenvalue weighted by molar-refractivity contribution is 5.90. The first kappa shape index (κ1) is 28.3. The first-order chi connectivity index (χ1) is 16.8. The molecule has 1 aliphatic heterocycles. The molecular formula is C28H40IN5O2. The lowest BCUT2D eigenvalue weighted by atomic mass is 9.94. The van der Waals surface area contributed by atoms with Crippen LogP contribution in [-0.2, 0) is 12.8 Å². The van der Waals surface area contributed by atoms with Gasteiger partial charge in [-0.2, -0.15) is 0 Å². The van der Waals surface area contributed by atoms with E-state index >= 15 is 0 Å². The van der Waals surface area contributed by atoms with Crippen molar-refractivity contribution in [3.8, 4) is 5.75 Å². The molecule has 1 saturated heterocycles. The maximum atomic E-state index is 12.6. The number of phenolic OH excluding ortho intramolecular Hbond substituents is 1. The van der Waals surface area contributed by atoms with Crippen LogP contribution in [0.4, 0.5) is 10.5 Å². The Kier molecular flexibility index (Phi) is 10.0. The predicted octanol–water partition coefficient (Wildman–Crippen LogP) is 1.32. The van der Waals surface area contributed by atoms with Crippen molar-refractivity contribution >= 4 is 22.6 Å². The molecule has 0 radical (unpaired) electrons. The number of fused-ring (bicyclic) bond motifs is 1. The third-order valence-corrected chi connectivity index (χ3v) is 7.18. The maximum Gasteiger partial charge on any atom is 0.319 e. The number of hydrogen-bond acceptors (Lipinski definition) is 3. The minimum Gasteiger partial charge on any atom is -1.00 e. The number of aryl methyl sites for hydroxylation is 1. The van der Waals surface area contributed by atoms with Crippen molar-refractivity contribution in [3.63, 3.8) is 0 Å². The number of halogens is 1. The van der Waals surface area contributed by atoms with Gasteiger partial charge in [0.2, 0.25) is 0 Å². The highest BCUT2D eigenvalue weighted by Crippen LogP contribution is 2.32. The number of aromatic hydroxyl groups is 1. The third kappa shape index (κ3) is 7.36. The Morgan fingerprint density at radius 2 is 1.89 bits per heavy atom. The van der Waals surface area contributed by atoms with E-state index in [0.717, 1.165) is 78.7 Å². The second-order valence-electron chi connectivity index (χ2n) is 10.4. The molecule has 2 heterocycles. The van der Waals surface area contributed by atoms with Crippen LogP contribution in [0.2, 0.25) is 0 Å². The minimum absolute atomic E-state index is 0. The van der Waals surface area contributed by atoms with E-state index in [9.17, 15) is 9.90 Å². The number of H-pyrrole nitrogens is 1. The van der Waals surface area contributed by atoms with E-state index in [1.54, 1.807) is 6.07 Å². The van der Waals surface area contributed by atoms with Gasteiger partial charge < -0.3 is 49.2 Å². The molecule has 4 rings (SSSR count). The van der Waals surface area contributed by atoms with Crippen LogP contribution in [-0.4, -0.2) is 78.9 Å². The summed E-state index contributed by atoms with van der Waals surface area (Å²) in [5.41, 5.74) is 4.90. The number of benzene rings is 2. The van der Waals surface area contributed by atoms with Gasteiger partial charge in [-0.25, -0.2) is 4.79 Å². The summed E-state index contributed by atoms with van der Waals surface area (Å²) in [6.07, 6.45) is 5.63. The molecular weight excluding hydrogens is 565 g/mol. The molecule has 1 fully saturated rings. The molecule has 3 aromatic rings. The fraction of sp³-hybridized carbons (Fsp3) is 0.464. The molecule has 0 unspecified atom stereocenters. The summed E-state index contributed by atoms with van der Waals surface area (Å²) >= 11 is 0. The summed E-state index contributed by atoms with van der Waals surface area (Å²) in [6, 6.07) is 11.7. The van der Waals surface area contributed by atoms with Crippen molar-refractivity contribution in [1.29, 1.82) is 0 Å². The van der Waals surface area contributed by atoms with Gasteiger partial charge in [-0.15, -0.1) is 0 Å². The molecule has 1 aliphatic rings. The van der Waals surface area contributed by atoms with E-state index in [2.05, 4.69) is 53.7 Å². The fourth-order valence-corrected chi connectivity index (χ4v) is 4.82. The molecule has 0 bridgehead atoms. The zero-order valence-corrected chi connectivity index (χ0v) is 23.9. The number of carbonyl (C=O) groups is 1. The number of unbranched alkanes of at least 4 members (excludes halogenated alkanes) is 1. The number of hydrogen-bond donors (Lipinski definition) is 4. The number of anilines is 1. The zero-order valence-electron chi connectivity index (χ0n) is 21.7. The van der Waals surface area contributed by atoms with Gasteiger partial charge in [0.15, 0.2) is 0 Å². The van der Waals surface area contributed by atoms with Crippen LogP contribution in [0.1, 0.15) is 36.5 Å². The number of carbonyl (C=O) groups excluding carboxylic acids is 1. The van der Waals surface area contributed by atoms with Crippen LogP contribution in [0.3, 0.4) is 0 Å². The van der Waals surface area contributed by atoms with E-state index in [-0.39, 0.29) is 35.8 Å². The van der Waals surface area contributed by atoms with E-state index in [0.29, 0.717) is 18.7 Å². The van der Waals surface area contributed by atoms with Gasteiger partial charge in [0.25, 0.3) is 0 Å². The number of aromatic nitrogens is 1. The van der Waals surface area contributed by atoms with Crippen LogP contribution in [0, 0.1) is 0 Å². The quantitative estimate of drug-likeness (QED) is 0.220. The molecule has 196 valence electrons. The normalized spacial score (nSPS) is 15.4. The maximum absolute atomic E-state index is 12.6. The van der Waals surface area contributed by atoms with Crippen LogP contribution in [0.15, 0.2) is 42.6 Å². The van der Waals surface area contributed by atoms with Gasteiger partial charge in [-0.3, -0.25) is 4.90 Å². The Hall–Kier alpha value is -2.30. The number of nitrogens with one attached hydrogen (secondary N) is 3. The predicted molar refractivity (Wildman–Crippen MR) is 143 cm³/mol. The topological polar surface area (TPSA) is 80.4 Å². The average molecular weight is 606 g/mol. The monoisotopic (exact) mass is 605 g/mol. The van der Waals surface area contributed by atoms with Gasteiger partial charge in [0.1, 0.15) is 5.75 Å². The largest absolute Gasteiger partial charge is 1.00 e. The number of likely N-dealkylation sites (N-methyl/N-ethyl adjacent to an activating group) is 1. The smallest absolute Gasteiger partial charge is 0.319 e. The molecule has 0 aliphatic carbocycles. The van der Waals surface area contributed by atoms with E-state index in [4.69, 9.17) is 0 Å². The first-order valence-electron chi connectivity index (χ1n) is 12.8. The van der Waals surface area contributed by atoms with Crippen molar-refractivity contribution in [2.75, 3.05) is 58.7 Å². The third-order valence-electron chi connectivity index (χ3n) is 7.18. The Bertz CT molecular complexity index is 1150. The highest BCUT2D eigenvalue weighted by atomic mass is 127. The van der Waals surface area contributed by atoms with Gasteiger partial charge in [0.05, 0.1) is 27.2 Å². The summed E-state index contributed by atoms with van der Waals surface area (Å²) in [4.78, 5) is 18.3. The number of phenols is 1. The van der Waals surface area contributed by atoms with Gasteiger partial charge >= 0.3 is 6.03 Å². The molecule has 0 spiro atoms. The standard InChI is InChI=1S/C28H39N5O2.HI/c1-4-5-8-21-17-23(31-28(35)29-11-12-32-13-15-33(2,3)16-14-32)19-27(34)25(21)18-22-20-30-26-10-7-6-9-24(22)26;/h6-7,9-10,17,19-20,30H,4-5,8,11-16,18H2,1-3H3,(H2-,29,31,34,35);1H. The van der Waals surface area contributed by atoms with E-state index in [1.807, 2.05) is 24.4 Å². The number of nitrogens with zero attached hydrogens (tertiary/aromatic N) is 2. The molecule has 1 aromatic heterocycles. The van der Waals surface area contributed by atoms with Crippen LogP contribution in [0.5, 0.6) is 5.75 Å². The molecule has 4 N–H and O–H groups in total. The minimum atomic E-state index is -0.233. The van der Waals surface area contributed by atoms with Gasteiger partial charge in [0, 0.05) is 67.0 Å². The Morgan fingerprint density at radius 1 is 1.14 bits per heavy atom. The van der Waals surface area contributed by atoms with Crippen molar-refractivity contribution < 1.29 is 38.4 Å². The fourth-order valence-electron chi connectivity index (χ4n) is 4.82. The summed E-state index contributed by atoms with van der Waals surface area (Å²) in [5.74, 6) is 0.230. The average Bonchev–Trinajstić information content (AvgIpc) is 3.23. The van der Waals surface area contributed by atoms with Crippen LogP contribution >= 0.6 is 0 Å².